The summed E-state index contributed by atoms with van der Waals surface area (Å²) < 4.78 is 1.60. The van der Waals surface area contributed by atoms with Crippen molar-refractivity contribution >= 4 is 6.08 Å². The van der Waals surface area contributed by atoms with Gasteiger partial charge in [0.1, 0.15) is 6.17 Å². The quantitative estimate of drug-likeness (QED) is 0.710. The zero-order valence-corrected chi connectivity index (χ0v) is 18.1. The topological polar surface area (TPSA) is 75.9 Å². The third-order valence-electron chi connectivity index (χ3n) is 6.16. The average molecular weight is 415 g/mol. The number of hydrogen-bond acceptors (Lipinski definition) is 6. The normalized spacial score (nSPS) is 18.0. The van der Waals surface area contributed by atoms with Gasteiger partial charge in [0.15, 0.2) is 5.82 Å². The molecule has 2 aliphatic heterocycles. The Balaban J connectivity index is 1.43. The van der Waals surface area contributed by atoms with Gasteiger partial charge < -0.3 is 0 Å². The van der Waals surface area contributed by atoms with Crippen molar-refractivity contribution < 1.29 is 0 Å². The molecule has 31 heavy (non-hydrogen) atoms. The maximum absolute atomic E-state index is 12.8. The van der Waals surface area contributed by atoms with E-state index < -0.39 is 0 Å². The highest BCUT2D eigenvalue weighted by atomic mass is 16.1. The standard InChI is InChI=1S/C24H26N6O/c1-4-17-11-27-22-9-15(2)23(28-30(22)24(17)31)29-8-7-21-20(14-29)10-19(13-26-21)18-6-5-16(3)25-12-18/h5-6,9-13,23,28H,4,7-8,14H2,1-3H3. The van der Waals surface area contributed by atoms with Crippen molar-refractivity contribution in [3.8, 4) is 11.1 Å². The average Bonchev–Trinajstić information content (AvgIpc) is 2.79. The van der Waals surface area contributed by atoms with Crippen molar-refractivity contribution in [3.63, 3.8) is 0 Å². The summed E-state index contributed by atoms with van der Waals surface area (Å²) in [4.78, 5) is 28.8. The molecule has 3 aromatic heterocycles. The first-order valence-electron chi connectivity index (χ1n) is 10.7. The van der Waals surface area contributed by atoms with E-state index in [9.17, 15) is 4.79 Å². The maximum atomic E-state index is 12.8. The zero-order chi connectivity index (χ0) is 21.5. The van der Waals surface area contributed by atoms with Crippen molar-refractivity contribution in [2.75, 3.05) is 12.0 Å². The number of fused-ring (bicyclic) bond motifs is 2. The lowest BCUT2D eigenvalue weighted by Crippen LogP contribution is -2.52. The summed E-state index contributed by atoms with van der Waals surface area (Å²) in [5, 5.41) is 0. The van der Waals surface area contributed by atoms with Crippen LogP contribution in [0.15, 0.2) is 47.2 Å². The molecule has 1 atom stereocenters. The fourth-order valence-corrected chi connectivity index (χ4v) is 4.31. The molecule has 0 fully saturated rings. The molecule has 5 heterocycles. The van der Waals surface area contributed by atoms with E-state index in [1.807, 2.05) is 38.4 Å². The van der Waals surface area contributed by atoms with Crippen LogP contribution in [0.1, 0.15) is 42.2 Å². The molecule has 0 aromatic carbocycles. The van der Waals surface area contributed by atoms with Crippen molar-refractivity contribution in [1.82, 2.24) is 24.5 Å². The van der Waals surface area contributed by atoms with Crippen LogP contribution in [0, 0.1) is 6.92 Å². The lowest BCUT2D eigenvalue weighted by atomic mass is 9.99. The number of aryl methyl sites for hydroxylation is 2. The fraction of sp³-hybridized carbons (Fsp3) is 0.333. The summed E-state index contributed by atoms with van der Waals surface area (Å²) in [6, 6.07) is 6.33. The van der Waals surface area contributed by atoms with Gasteiger partial charge in [-0.3, -0.25) is 25.1 Å². The number of rotatable bonds is 3. The summed E-state index contributed by atoms with van der Waals surface area (Å²) in [5.41, 5.74) is 10.8. The summed E-state index contributed by atoms with van der Waals surface area (Å²) >= 11 is 0. The first-order valence-corrected chi connectivity index (χ1v) is 10.7. The number of pyridine rings is 2. The minimum atomic E-state index is -0.0584. The Bertz CT molecular complexity index is 1230. The Morgan fingerprint density at radius 2 is 1.94 bits per heavy atom. The van der Waals surface area contributed by atoms with Crippen LogP contribution in [-0.2, 0) is 19.4 Å². The third-order valence-corrected chi connectivity index (χ3v) is 6.16. The van der Waals surface area contributed by atoms with Gasteiger partial charge in [0.05, 0.1) is 0 Å². The summed E-state index contributed by atoms with van der Waals surface area (Å²) in [5.74, 6) is 0.657. The lowest BCUT2D eigenvalue weighted by Gasteiger charge is -2.38. The highest BCUT2D eigenvalue weighted by Crippen LogP contribution is 2.27. The molecule has 5 rings (SSSR count). The Kier molecular flexibility index (Phi) is 4.90. The third kappa shape index (κ3) is 3.55. The molecule has 0 amide bonds. The second kappa shape index (κ2) is 7.74. The molecule has 3 aromatic rings. The highest BCUT2D eigenvalue weighted by molar-refractivity contribution is 5.62. The van der Waals surface area contributed by atoms with Gasteiger partial charge in [-0.2, -0.15) is 0 Å². The van der Waals surface area contributed by atoms with Gasteiger partial charge in [-0.1, -0.05) is 13.0 Å². The van der Waals surface area contributed by atoms with Crippen LogP contribution in [0.4, 0.5) is 0 Å². The second-order valence-corrected chi connectivity index (χ2v) is 8.29. The van der Waals surface area contributed by atoms with Crippen LogP contribution in [0.2, 0.25) is 0 Å². The molecule has 0 radical (unpaired) electrons. The molecule has 158 valence electrons. The number of nitrogens with zero attached hydrogens (tertiary/aromatic N) is 5. The van der Waals surface area contributed by atoms with Crippen LogP contribution in [0.5, 0.6) is 0 Å². The zero-order valence-electron chi connectivity index (χ0n) is 18.1. The van der Waals surface area contributed by atoms with E-state index in [4.69, 9.17) is 4.98 Å². The van der Waals surface area contributed by atoms with Gasteiger partial charge >= 0.3 is 0 Å². The molecule has 7 nitrogen and oxygen atoms in total. The molecule has 0 bridgehead atoms. The smallest absolute Gasteiger partial charge is 0.275 e. The van der Waals surface area contributed by atoms with Gasteiger partial charge in [0.2, 0.25) is 0 Å². The van der Waals surface area contributed by atoms with E-state index in [1.54, 1.807) is 10.9 Å². The molecule has 0 spiro atoms. The minimum absolute atomic E-state index is 0.0190. The van der Waals surface area contributed by atoms with Crippen LogP contribution in [0.25, 0.3) is 17.2 Å². The highest BCUT2D eigenvalue weighted by Gasteiger charge is 2.29. The van der Waals surface area contributed by atoms with Crippen molar-refractivity contribution in [3.05, 3.63) is 81.1 Å². The Hall–Kier alpha value is -3.32. The largest absolute Gasteiger partial charge is 0.300 e. The van der Waals surface area contributed by atoms with Gasteiger partial charge in [-0.05, 0) is 49.6 Å². The molecular formula is C24H26N6O. The van der Waals surface area contributed by atoms with Crippen LogP contribution >= 0.6 is 0 Å². The fourth-order valence-electron chi connectivity index (χ4n) is 4.31. The number of hydrogen-bond donors (Lipinski definition) is 1. The van der Waals surface area contributed by atoms with Crippen molar-refractivity contribution in [1.29, 1.82) is 0 Å². The van der Waals surface area contributed by atoms with Crippen molar-refractivity contribution in [2.45, 2.75) is 46.3 Å². The predicted octanol–water partition coefficient (Wildman–Crippen LogP) is 2.92. The second-order valence-electron chi connectivity index (χ2n) is 8.29. The number of nitrogens with one attached hydrogen (secondary N) is 1. The van der Waals surface area contributed by atoms with Crippen molar-refractivity contribution in [2.24, 2.45) is 0 Å². The van der Waals surface area contributed by atoms with E-state index in [0.717, 1.165) is 47.6 Å². The molecule has 0 saturated heterocycles. The van der Waals surface area contributed by atoms with Gasteiger partial charge in [-0.15, -0.1) is 0 Å². The van der Waals surface area contributed by atoms with E-state index in [0.29, 0.717) is 17.8 Å². The molecule has 7 heteroatoms. The minimum Gasteiger partial charge on any atom is -0.300 e. The Morgan fingerprint density at radius 3 is 2.71 bits per heavy atom. The van der Waals surface area contributed by atoms with E-state index in [1.165, 1.54) is 5.56 Å². The number of aromatic nitrogens is 4. The molecular weight excluding hydrogens is 388 g/mol. The van der Waals surface area contributed by atoms with Gasteiger partial charge in [0, 0.05) is 66.2 Å². The van der Waals surface area contributed by atoms with E-state index in [2.05, 4.69) is 39.4 Å². The van der Waals surface area contributed by atoms with E-state index in [-0.39, 0.29) is 11.7 Å². The predicted molar refractivity (Wildman–Crippen MR) is 121 cm³/mol. The van der Waals surface area contributed by atoms with Crippen LogP contribution < -0.4 is 11.0 Å². The van der Waals surface area contributed by atoms with E-state index >= 15 is 0 Å². The monoisotopic (exact) mass is 414 g/mol. The lowest BCUT2D eigenvalue weighted by molar-refractivity contribution is 0.205. The molecule has 1 unspecified atom stereocenters. The molecule has 0 saturated carbocycles. The summed E-state index contributed by atoms with van der Waals surface area (Å²) in [6.45, 7) is 7.69. The Labute approximate surface area is 181 Å². The first kappa shape index (κ1) is 19.6. The first-order chi connectivity index (χ1) is 15.0. The Morgan fingerprint density at radius 1 is 1.10 bits per heavy atom. The molecule has 2 aliphatic rings. The summed E-state index contributed by atoms with van der Waals surface area (Å²) in [7, 11) is 0. The van der Waals surface area contributed by atoms with Gasteiger partial charge in [-0.25, -0.2) is 9.66 Å². The van der Waals surface area contributed by atoms with Crippen LogP contribution in [-0.4, -0.2) is 37.2 Å². The summed E-state index contributed by atoms with van der Waals surface area (Å²) in [6.07, 6.45) is 9.02. The van der Waals surface area contributed by atoms with Crippen LogP contribution in [0.3, 0.4) is 0 Å². The SMILES string of the molecule is CCc1cnc2n(c1=O)NC(N1CCc3ncc(-c4ccc(C)nc4)cc3C1)C(C)=C2. The maximum Gasteiger partial charge on any atom is 0.275 e. The van der Waals surface area contributed by atoms with Gasteiger partial charge in [0.25, 0.3) is 5.56 Å². The molecule has 1 N–H and O–H groups in total. The molecule has 0 aliphatic carbocycles.